The molecular formula is C12H14O. The van der Waals surface area contributed by atoms with Crippen LogP contribution in [0.15, 0.2) is 18.2 Å². The van der Waals surface area contributed by atoms with E-state index >= 15 is 0 Å². The average molecular weight is 174 g/mol. The summed E-state index contributed by atoms with van der Waals surface area (Å²) in [6.07, 6.45) is 6.89. The van der Waals surface area contributed by atoms with E-state index in [1.165, 1.54) is 11.1 Å². The Kier molecular flexibility index (Phi) is 3.40. The van der Waals surface area contributed by atoms with E-state index in [0.717, 1.165) is 18.6 Å². The summed E-state index contributed by atoms with van der Waals surface area (Å²) in [5, 5.41) is 0. The number of terminal acetylenes is 1. The second-order valence-corrected chi connectivity index (χ2v) is 2.96. The molecule has 0 saturated carbocycles. The lowest BCUT2D eigenvalue weighted by atomic mass is 10.0. The number of ether oxygens (including phenoxy) is 1. The first kappa shape index (κ1) is 9.67. The molecule has 0 aliphatic carbocycles. The molecule has 0 spiro atoms. The average Bonchev–Trinajstić information content (AvgIpc) is 2.15. The Bertz CT molecular complexity index is 320. The van der Waals surface area contributed by atoms with E-state index in [-0.39, 0.29) is 0 Å². The largest absolute Gasteiger partial charge is 0.496 e. The zero-order chi connectivity index (χ0) is 9.68. The molecule has 0 amide bonds. The van der Waals surface area contributed by atoms with Crippen molar-refractivity contribution in [2.75, 3.05) is 7.11 Å². The van der Waals surface area contributed by atoms with E-state index in [2.05, 4.69) is 18.9 Å². The van der Waals surface area contributed by atoms with Crippen molar-refractivity contribution < 1.29 is 4.74 Å². The highest BCUT2D eigenvalue weighted by atomic mass is 16.5. The summed E-state index contributed by atoms with van der Waals surface area (Å²) < 4.78 is 5.25. The molecule has 0 saturated heterocycles. The van der Waals surface area contributed by atoms with Crippen molar-refractivity contribution in [3.63, 3.8) is 0 Å². The molecule has 0 aliphatic rings. The van der Waals surface area contributed by atoms with Crippen molar-refractivity contribution in [2.24, 2.45) is 0 Å². The van der Waals surface area contributed by atoms with Crippen LogP contribution in [0.1, 0.15) is 17.5 Å². The second kappa shape index (κ2) is 4.57. The van der Waals surface area contributed by atoms with Gasteiger partial charge in [0, 0.05) is 6.42 Å². The van der Waals surface area contributed by atoms with Gasteiger partial charge >= 0.3 is 0 Å². The van der Waals surface area contributed by atoms with Crippen LogP contribution in [0.2, 0.25) is 0 Å². The van der Waals surface area contributed by atoms with Crippen LogP contribution in [0.4, 0.5) is 0 Å². The summed E-state index contributed by atoms with van der Waals surface area (Å²) in [4.78, 5) is 0. The second-order valence-electron chi connectivity index (χ2n) is 2.96. The van der Waals surface area contributed by atoms with Gasteiger partial charge in [0.2, 0.25) is 0 Å². The van der Waals surface area contributed by atoms with Gasteiger partial charge in [-0.3, -0.25) is 0 Å². The van der Waals surface area contributed by atoms with Gasteiger partial charge in [0.05, 0.1) is 7.11 Å². The molecule has 0 bridgehead atoms. The third-order valence-electron chi connectivity index (χ3n) is 2.11. The number of aryl methyl sites for hydroxylation is 1. The van der Waals surface area contributed by atoms with Crippen LogP contribution in [0, 0.1) is 19.3 Å². The SMILES string of the molecule is C#CCCc1c(C)cccc1OC. The maximum absolute atomic E-state index is 5.25. The van der Waals surface area contributed by atoms with E-state index in [4.69, 9.17) is 11.2 Å². The first-order chi connectivity index (χ1) is 6.29. The Labute approximate surface area is 79.7 Å². The maximum Gasteiger partial charge on any atom is 0.122 e. The zero-order valence-electron chi connectivity index (χ0n) is 8.13. The molecule has 1 heteroatoms. The van der Waals surface area contributed by atoms with Crippen molar-refractivity contribution in [3.05, 3.63) is 29.3 Å². The molecule has 0 unspecified atom stereocenters. The van der Waals surface area contributed by atoms with Crippen LogP contribution in [-0.4, -0.2) is 7.11 Å². The molecule has 0 fully saturated rings. The Hall–Kier alpha value is -1.42. The molecule has 0 aliphatic heterocycles. The predicted molar refractivity (Wildman–Crippen MR) is 54.9 cm³/mol. The molecule has 1 aromatic rings. The van der Waals surface area contributed by atoms with Gasteiger partial charge in [0.1, 0.15) is 5.75 Å². The van der Waals surface area contributed by atoms with Crippen molar-refractivity contribution in [2.45, 2.75) is 19.8 Å². The molecule has 1 nitrogen and oxygen atoms in total. The molecule has 0 heterocycles. The van der Waals surface area contributed by atoms with Gasteiger partial charge in [-0.05, 0) is 30.5 Å². The topological polar surface area (TPSA) is 9.23 Å². The summed E-state index contributed by atoms with van der Waals surface area (Å²) in [5.41, 5.74) is 2.47. The molecule has 1 rings (SSSR count). The minimum absolute atomic E-state index is 0.765. The lowest BCUT2D eigenvalue weighted by Gasteiger charge is -2.09. The number of hydrogen-bond acceptors (Lipinski definition) is 1. The Morgan fingerprint density at radius 2 is 2.23 bits per heavy atom. The van der Waals surface area contributed by atoms with Gasteiger partial charge in [-0.15, -0.1) is 12.3 Å². The van der Waals surface area contributed by atoms with Crippen LogP contribution in [0.5, 0.6) is 5.75 Å². The monoisotopic (exact) mass is 174 g/mol. The molecule has 1 aromatic carbocycles. The number of methoxy groups -OCH3 is 1. The smallest absolute Gasteiger partial charge is 0.122 e. The van der Waals surface area contributed by atoms with Crippen molar-refractivity contribution in [1.82, 2.24) is 0 Å². The molecule has 0 aromatic heterocycles. The van der Waals surface area contributed by atoms with Crippen molar-refractivity contribution in [3.8, 4) is 18.1 Å². The van der Waals surface area contributed by atoms with Crippen LogP contribution < -0.4 is 4.74 Å². The minimum Gasteiger partial charge on any atom is -0.496 e. The standard InChI is InChI=1S/C12H14O/c1-4-5-8-11-10(2)7-6-9-12(11)13-3/h1,6-7,9H,5,8H2,2-3H3. The van der Waals surface area contributed by atoms with E-state index in [9.17, 15) is 0 Å². The lowest BCUT2D eigenvalue weighted by molar-refractivity contribution is 0.409. The van der Waals surface area contributed by atoms with E-state index in [1.807, 2.05) is 12.1 Å². The van der Waals surface area contributed by atoms with Crippen molar-refractivity contribution >= 4 is 0 Å². The summed E-state index contributed by atoms with van der Waals surface area (Å²) in [6, 6.07) is 6.04. The zero-order valence-corrected chi connectivity index (χ0v) is 8.13. The quantitative estimate of drug-likeness (QED) is 0.640. The summed E-state index contributed by atoms with van der Waals surface area (Å²) in [6.45, 7) is 2.08. The van der Waals surface area contributed by atoms with Crippen LogP contribution in [0.3, 0.4) is 0 Å². The highest BCUT2D eigenvalue weighted by Crippen LogP contribution is 2.22. The molecule has 0 N–H and O–H groups in total. The van der Waals surface area contributed by atoms with Crippen molar-refractivity contribution in [1.29, 1.82) is 0 Å². The van der Waals surface area contributed by atoms with E-state index in [0.29, 0.717) is 0 Å². The summed E-state index contributed by atoms with van der Waals surface area (Å²) in [5.74, 6) is 3.58. The van der Waals surface area contributed by atoms with Gasteiger partial charge in [0.15, 0.2) is 0 Å². The van der Waals surface area contributed by atoms with E-state index < -0.39 is 0 Å². The molecule has 0 atom stereocenters. The molecule has 0 radical (unpaired) electrons. The minimum atomic E-state index is 0.765. The highest BCUT2D eigenvalue weighted by Gasteiger charge is 2.03. The van der Waals surface area contributed by atoms with E-state index in [1.54, 1.807) is 7.11 Å². The summed E-state index contributed by atoms with van der Waals surface area (Å²) >= 11 is 0. The highest BCUT2D eigenvalue weighted by molar-refractivity contribution is 5.39. The third kappa shape index (κ3) is 2.26. The van der Waals surface area contributed by atoms with Crippen LogP contribution in [0.25, 0.3) is 0 Å². The third-order valence-corrected chi connectivity index (χ3v) is 2.11. The normalized spacial score (nSPS) is 9.31. The first-order valence-electron chi connectivity index (χ1n) is 4.35. The number of benzene rings is 1. The van der Waals surface area contributed by atoms with Gasteiger partial charge in [-0.2, -0.15) is 0 Å². The Balaban J connectivity index is 2.95. The fourth-order valence-electron chi connectivity index (χ4n) is 1.38. The van der Waals surface area contributed by atoms with Gasteiger partial charge in [0.25, 0.3) is 0 Å². The fraction of sp³-hybridized carbons (Fsp3) is 0.333. The van der Waals surface area contributed by atoms with Gasteiger partial charge < -0.3 is 4.74 Å². The number of hydrogen-bond donors (Lipinski definition) is 0. The number of rotatable bonds is 3. The summed E-state index contributed by atoms with van der Waals surface area (Å²) in [7, 11) is 1.69. The van der Waals surface area contributed by atoms with Crippen LogP contribution in [-0.2, 0) is 6.42 Å². The molecular weight excluding hydrogens is 160 g/mol. The Morgan fingerprint density at radius 3 is 2.85 bits per heavy atom. The molecule has 13 heavy (non-hydrogen) atoms. The maximum atomic E-state index is 5.25. The fourth-order valence-corrected chi connectivity index (χ4v) is 1.38. The van der Waals surface area contributed by atoms with Gasteiger partial charge in [-0.25, -0.2) is 0 Å². The Morgan fingerprint density at radius 1 is 1.46 bits per heavy atom. The van der Waals surface area contributed by atoms with Crippen LogP contribution >= 0.6 is 0 Å². The molecule has 68 valence electrons. The predicted octanol–water partition coefficient (Wildman–Crippen LogP) is 2.57. The van der Waals surface area contributed by atoms with Gasteiger partial charge in [-0.1, -0.05) is 12.1 Å². The first-order valence-corrected chi connectivity index (χ1v) is 4.35. The lowest BCUT2D eigenvalue weighted by Crippen LogP contribution is -1.94.